The van der Waals surface area contributed by atoms with E-state index in [4.69, 9.17) is 10.5 Å². The number of hydrogen-bond donors (Lipinski definition) is 4. The number of phenolic OH excluding ortho intramolecular Hbond substituents is 1. The number of benzene rings is 1. The van der Waals surface area contributed by atoms with Crippen LogP contribution >= 0.6 is 0 Å². The normalized spacial score (nSPS) is 12.9. The lowest BCUT2D eigenvalue weighted by Crippen LogP contribution is -2.28. The first-order valence-corrected chi connectivity index (χ1v) is 8.46. The molecule has 27 heavy (non-hydrogen) atoms. The number of aliphatic hydroxyl groups excluding tert-OH is 1. The summed E-state index contributed by atoms with van der Waals surface area (Å²) in [4.78, 5) is 20.6. The van der Waals surface area contributed by atoms with Crippen LogP contribution in [0, 0.1) is 0 Å². The van der Waals surface area contributed by atoms with Crippen LogP contribution in [-0.2, 0) is 11.3 Å². The number of anilines is 1. The summed E-state index contributed by atoms with van der Waals surface area (Å²) in [6, 6.07) is 4.57. The lowest BCUT2D eigenvalue weighted by molar-refractivity contribution is -0.118. The van der Waals surface area contributed by atoms with Crippen LogP contribution in [0.5, 0.6) is 11.5 Å². The summed E-state index contributed by atoms with van der Waals surface area (Å²) in [6.07, 6.45) is 2.34. The fraction of sp³-hybridized carbons (Fsp3) is 0.316. The van der Waals surface area contributed by atoms with Gasteiger partial charge in [-0.15, -0.1) is 0 Å². The van der Waals surface area contributed by atoms with Crippen molar-refractivity contribution in [2.75, 3.05) is 12.8 Å². The number of rotatable bonds is 7. The second-order valence-electron chi connectivity index (χ2n) is 5.99. The van der Waals surface area contributed by atoms with Gasteiger partial charge in [0.05, 0.1) is 25.0 Å². The van der Waals surface area contributed by atoms with Crippen LogP contribution in [0.3, 0.4) is 0 Å². The van der Waals surface area contributed by atoms with Gasteiger partial charge in [0.1, 0.15) is 12.4 Å². The molecular weight excluding hydrogens is 348 g/mol. The van der Waals surface area contributed by atoms with Crippen LogP contribution in [0.15, 0.2) is 41.9 Å². The molecule has 1 heterocycles. The maximum Gasteiger partial charge on any atom is 0.250 e. The van der Waals surface area contributed by atoms with Gasteiger partial charge in [-0.2, -0.15) is 0 Å². The zero-order valence-corrected chi connectivity index (χ0v) is 15.6. The lowest BCUT2D eigenvalue weighted by Gasteiger charge is -2.19. The molecule has 2 rings (SSSR count). The zero-order valence-electron chi connectivity index (χ0n) is 15.6. The number of phenols is 1. The zero-order chi connectivity index (χ0) is 20.0. The van der Waals surface area contributed by atoms with Crippen molar-refractivity contribution in [2.45, 2.75) is 32.9 Å². The number of carbonyl (C=O) groups excluding carboxylic acids is 1. The molecule has 0 aliphatic carbocycles. The monoisotopic (exact) mass is 372 g/mol. The van der Waals surface area contributed by atoms with Gasteiger partial charge in [-0.1, -0.05) is 12.5 Å². The molecule has 0 saturated heterocycles. The van der Waals surface area contributed by atoms with Crippen molar-refractivity contribution in [1.82, 2.24) is 15.3 Å². The number of methoxy groups -OCH3 is 1. The van der Waals surface area contributed by atoms with Crippen molar-refractivity contribution in [3.8, 4) is 11.5 Å². The SMILES string of the molecule is CC/C(C)=C(\C(=O)NCc1ccncn1)C(O)c1cc(N)c(O)c(OC)c1. The average Bonchev–Trinajstić information content (AvgIpc) is 2.68. The van der Waals surface area contributed by atoms with E-state index in [0.29, 0.717) is 17.7 Å². The first-order valence-electron chi connectivity index (χ1n) is 8.46. The number of allylic oxidation sites excluding steroid dienone is 1. The molecule has 1 aromatic heterocycles. The quantitative estimate of drug-likeness (QED) is 0.331. The van der Waals surface area contributed by atoms with E-state index in [1.807, 2.05) is 6.92 Å². The highest BCUT2D eigenvalue weighted by Gasteiger charge is 2.24. The highest BCUT2D eigenvalue weighted by molar-refractivity contribution is 5.95. The molecule has 1 atom stereocenters. The minimum absolute atomic E-state index is 0.0540. The number of nitrogen functional groups attached to an aromatic ring is 1. The van der Waals surface area contributed by atoms with E-state index in [1.54, 1.807) is 19.2 Å². The topological polar surface area (TPSA) is 131 Å². The third-order valence-corrected chi connectivity index (χ3v) is 4.24. The van der Waals surface area contributed by atoms with Crippen LogP contribution in [-0.4, -0.2) is 33.2 Å². The van der Waals surface area contributed by atoms with Crippen molar-refractivity contribution >= 4 is 11.6 Å². The minimum Gasteiger partial charge on any atom is -0.503 e. The van der Waals surface area contributed by atoms with Gasteiger partial charge in [-0.25, -0.2) is 9.97 Å². The van der Waals surface area contributed by atoms with E-state index in [9.17, 15) is 15.0 Å². The van der Waals surface area contributed by atoms with Crippen LogP contribution in [0.1, 0.15) is 37.6 Å². The predicted octanol–water partition coefficient (Wildman–Crippen LogP) is 1.85. The summed E-state index contributed by atoms with van der Waals surface area (Å²) < 4.78 is 5.08. The summed E-state index contributed by atoms with van der Waals surface area (Å²) in [5.41, 5.74) is 7.79. The van der Waals surface area contributed by atoms with Crippen LogP contribution in [0.25, 0.3) is 0 Å². The molecule has 1 aromatic carbocycles. The van der Waals surface area contributed by atoms with E-state index >= 15 is 0 Å². The Balaban J connectivity index is 2.31. The first kappa shape index (κ1) is 20.2. The fourth-order valence-electron chi connectivity index (χ4n) is 2.56. The van der Waals surface area contributed by atoms with E-state index in [1.165, 1.54) is 25.6 Å². The molecule has 0 radical (unpaired) electrons. The highest BCUT2D eigenvalue weighted by Crippen LogP contribution is 2.37. The molecule has 0 bridgehead atoms. The van der Waals surface area contributed by atoms with Crippen molar-refractivity contribution in [3.05, 3.63) is 53.1 Å². The number of aromatic hydroxyl groups is 1. The number of hydrogen-bond acceptors (Lipinski definition) is 7. The smallest absolute Gasteiger partial charge is 0.250 e. The Bertz CT molecular complexity index is 837. The van der Waals surface area contributed by atoms with Crippen molar-refractivity contribution in [1.29, 1.82) is 0 Å². The molecule has 1 unspecified atom stereocenters. The molecule has 1 amide bonds. The second kappa shape index (κ2) is 9.00. The number of amides is 1. The molecule has 2 aromatic rings. The summed E-state index contributed by atoms with van der Waals surface area (Å²) in [7, 11) is 1.38. The van der Waals surface area contributed by atoms with Gasteiger partial charge in [-0.3, -0.25) is 4.79 Å². The number of nitrogens with one attached hydrogen (secondary N) is 1. The van der Waals surface area contributed by atoms with Crippen molar-refractivity contribution in [3.63, 3.8) is 0 Å². The van der Waals surface area contributed by atoms with Gasteiger partial charge in [0.2, 0.25) is 5.91 Å². The molecule has 8 nitrogen and oxygen atoms in total. The third kappa shape index (κ3) is 4.73. The number of nitrogens with two attached hydrogens (primary N) is 1. The Kier molecular flexibility index (Phi) is 6.73. The number of nitrogens with zero attached hydrogens (tertiary/aromatic N) is 2. The summed E-state index contributed by atoms with van der Waals surface area (Å²) in [5, 5.41) is 23.5. The minimum atomic E-state index is -1.23. The summed E-state index contributed by atoms with van der Waals surface area (Å²) in [5.74, 6) is -0.496. The number of aromatic nitrogens is 2. The largest absolute Gasteiger partial charge is 0.503 e. The molecule has 144 valence electrons. The van der Waals surface area contributed by atoms with Crippen LogP contribution in [0.4, 0.5) is 5.69 Å². The molecule has 8 heteroatoms. The molecule has 0 spiro atoms. The Morgan fingerprint density at radius 1 is 1.41 bits per heavy atom. The van der Waals surface area contributed by atoms with Crippen LogP contribution in [0.2, 0.25) is 0 Å². The maximum absolute atomic E-state index is 12.8. The van der Waals surface area contributed by atoms with Crippen molar-refractivity contribution < 1.29 is 19.7 Å². The Hall–Kier alpha value is -3.13. The van der Waals surface area contributed by atoms with Crippen LogP contribution < -0.4 is 15.8 Å². The summed E-state index contributed by atoms with van der Waals surface area (Å²) in [6.45, 7) is 3.88. The number of ether oxygens (including phenoxy) is 1. The Labute approximate surface area is 157 Å². The number of carbonyl (C=O) groups is 1. The van der Waals surface area contributed by atoms with E-state index in [0.717, 1.165) is 5.57 Å². The molecule has 0 aliphatic heterocycles. The van der Waals surface area contributed by atoms with Gasteiger partial charge in [-0.05, 0) is 37.1 Å². The lowest BCUT2D eigenvalue weighted by atomic mass is 9.94. The standard InChI is InChI=1S/C19H24N4O4/c1-4-11(2)16(19(26)22-9-13-5-6-21-10-23-13)17(24)12-7-14(20)18(25)15(8-12)27-3/h5-8,10,17,24-25H,4,9,20H2,1-3H3,(H,22,26)/b16-11-. The molecular formula is C19H24N4O4. The Morgan fingerprint density at radius 3 is 2.74 bits per heavy atom. The number of aliphatic hydroxyl groups is 1. The van der Waals surface area contributed by atoms with E-state index in [-0.39, 0.29) is 29.3 Å². The fourth-order valence-corrected chi connectivity index (χ4v) is 2.56. The van der Waals surface area contributed by atoms with E-state index < -0.39 is 12.0 Å². The summed E-state index contributed by atoms with van der Waals surface area (Å²) >= 11 is 0. The highest BCUT2D eigenvalue weighted by atomic mass is 16.5. The predicted molar refractivity (Wildman–Crippen MR) is 101 cm³/mol. The second-order valence-corrected chi connectivity index (χ2v) is 5.99. The van der Waals surface area contributed by atoms with Gasteiger partial charge < -0.3 is 26.0 Å². The molecule has 0 aliphatic rings. The molecule has 0 fully saturated rings. The average molecular weight is 372 g/mol. The Morgan fingerprint density at radius 2 is 2.15 bits per heavy atom. The first-order chi connectivity index (χ1) is 12.9. The van der Waals surface area contributed by atoms with Crippen molar-refractivity contribution in [2.24, 2.45) is 0 Å². The molecule has 5 N–H and O–H groups in total. The van der Waals surface area contributed by atoms with Gasteiger partial charge >= 0.3 is 0 Å². The van der Waals surface area contributed by atoms with E-state index in [2.05, 4.69) is 15.3 Å². The molecule has 0 saturated carbocycles. The van der Waals surface area contributed by atoms with Gasteiger partial charge in [0, 0.05) is 11.8 Å². The maximum atomic E-state index is 12.8. The third-order valence-electron chi connectivity index (χ3n) is 4.24. The van der Waals surface area contributed by atoms with Gasteiger partial charge in [0.15, 0.2) is 11.5 Å². The van der Waals surface area contributed by atoms with Gasteiger partial charge in [0.25, 0.3) is 0 Å².